The standard InChI is InChI=1S/C11H21NO/c12-10-8-6-4-2-1-3-5-7-9-11-13/h13H,1-9,11H2. The van der Waals surface area contributed by atoms with Gasteiger partial charge in [-0.2, -0.15) is 5.26 Å². The number of aliphatic hydroxyl groups is 1. The normalized spacial score (nSPS) is 9.85. The lowest BCUT2D eigenvalue weighted by atomic mass is 10.1. The first-order valence-corrected chi connectivity index (χ1v) is 5.39. The van der Waals surface area contributed by atoms with Crippen LogP contribution in [0.5, 0.6) is 0 Å². The van der Waals surface area contributed by atoms with Crippen molar-refractivity contribution in [3.05, 3.63) is 0 Å². The van der Waals surface area contributed by atoms with Gasteiger partial charge in [0, 0.05) is 13.0 Å². The molecule has 0 amide bonds. The summed E-state index contributed by atoms with van der Waals surface area (Å²) in [6.45, 7) is 0.335. The Morgan fingerprint density at radius 1 is 0.769 bits per heavy atom. The quantitative estimate of drug-likeness (QED) is 0.558. The molecular weight excluding hydrogens is 162 g/mol. The van der Waals surface area contributed by atoms with Gasteiger partial charge in [-0.05, 0) is 12.8 Å². The summed E-state index contributed by atoms with van der Waals surface area (Å²) in [4.78, 5) is 0. The van der Waals surface area contributed by atoms with E-state index in [2.05, 4.69) is 6.07 Å². The molecule has 0 unspecified atom stereocenters. The number of hydrogen-bond acceptors (Lipinski definition) is 2. The average Bonchev–Trinajstić information content (AvgIpc) is 2.16. The van der Waals surface area contributed by atoms with Gasteiger partial charge in [-0.1, -0.05) is 38.5 Å². The molecule has 76 valence electrons. The van der Waals surface area contributed by atoms with Crippen LogP contribution in [0.3, 0.4) is 0 Å². The Morgan fingerprint density at radius 2 is 1.23 bits per heavy atom. The summed E-state index contributed by atoms with van der Waals surface area (Å²) in [6.07, 6.45) is 10.2. The molecule has 0 fully saturated rings. The average molecular weight is 183 g/mol. The number of nitriles is 1. The third-order valence-corrected chi connectivity index (χ3v) is 2.20. The van der Waals surface area contributed by atoms with Crippen molar-refractivity contribution in [3.8, 4) is 6.07 Å². The van der Waals surface area contributed by atoms with Crippen LogP contribution >= 0.6 is 0 Å². The van der Waals surface area contributed by atoms with E-state index >= 15 is 0 Å². The second kappa shape index (κ2) is 11.4. The van der Waals surface area contributed by atoms with Crippen LogP contribution in [0.4, 0.5) is 0 Å². The van der Waals surface area contributed by atoms with Gasteiger partial charge < -0.3 is 5.11 Å². The van der Waals surface area contributed by atoms with Crippen molar-refractivity contribution in [2.75, 3.05) is 6.61 Å². The van der Waals surface area contributed by atoms with Crippen LogP contribution in [-0.2, 0) is 0 Å². The van der Waals surface area contributed by atoms with Crippen LogP contribution in [0.15, 0.2) is 0 Å². The molecule has 0 aliphatic carbocycles. The van der Waals surface area contributed by atoms with Gasteiger partial charge in [0.2, 0.25) is 0 Å². The molecule has 2 heteroatoms. The fraction of sp³-hybridized carbons (Fsp3) is 0.909. The second-order valence-corrected chi connectivity index (χ2v) is 3.46. The molecule has 0 saturated carbocycles. The van der Waals surface area contributed by atoms with E-state index in [1.807, 2.05) is 0 Å². The van der Waals surface area contributed by atoms with E-state index in [1.165, 1.54) is 32.1 Å². The van der Waals surface area contributed by atoms with Crippen molar-refractivity contribution < 1.29 is 5.11 Å². The van der Waals surface area contributed by atoms with E-state index in [0.717, 1.165) is 19.3 Å². The Hall–Kier alpha value is -0.550. The third-order valence-electron chi connectivity index (χ3n) is 2.20. The third kappa shape index (κ3) is 11.5. The summed E-state index contributed by atoms with van der Waals surface area (Å²) in [6, 6.07) is 2.16. The van der Waals surface area contributed by atoms with E-state index in [0.29, 0.717) is 13.0 Å². The van der Waals surface area contributed by atoms with Gasteiger partial charge in [0.25, 0.3) is 0 Å². The lowest BCUT2D eigenvalue weighted by molar-refractivity contribution is 0.282. The largest absolute Gasteiger partial charge is 0.396 e. The molecule has 0 spiro atoms. The molecule has 0 aliphatic heterocycles. The van der Waals surface area contributed by atoms with Crippen LogP contribution in [-0.4, -0.2) is 11.7 Å². The van der Waals surface area contributed by atoms with Crippen LogP contribution in [0.2, 0.25) is 0 Å². The lowest BCUT2D eigenvalue weighted by Gasteiger charge is -1.99. The van der Waals surface area contributed by atoms with Crippen molar-refractivity contribution in [1.29, 1.82) is 5.26 Å². The number of hydrogen-bond donors (Lipinski definition) is 1. The molecular formula is C11H21NO. The highest BCUT2D eigenvalue weighted by molar-refractivity contribution is 4.67. The summed E-state index contributed by atoms with van der Waals surface area (Å²) in [7, 11) is 0. The summed E-state index contributed by atoms with van der Waals surface area (Å²) in [5.41, 5.74) is 0. The van der Waals surface area contributed by atoms with E-state index in [-0.39, 0.29) is 0 Å². The molecule has 0 aromatic carbocycles. The van der Waals surface area contributed by atoms with Crippen molar-refractivity contribution in [2.24, 2.45) is 0 Å². The Balaban J connectivity index is 2.80. The Bertz CT molecular complexity index is 129. The van der Waals surface area contributed by atoms with Crippen LogP contribution in [0, 0.1) is 11.3 Å². The zero-order valence-corrected chi connectivity index (χ0v) is 8.47. The van der Waals surface area contributed by atoms with Gasteiger partial charge in [0.15, 0.2) is 0 Å². The highest BCUT2D eigenvalue weighted by Gasteiger charge is 1.91. The molecule has 0 aromatic heterocycles. The fourth-order valence-corrected chi connectivity index (χ4v) is 1.38. The lowest BCUT2D eigenvalue weighted by Crippen LogP contribution is -1.84. The van der Waals surface area contributed by atoms with Crippen LogP contribution in [0.1, 0.15) is 57.8 Å². The summed E-state index contributed by atoms with van der Waals surface area (Å²) in [5.74, 6) is 0. The fourth-order valence-electron chi connectivity index (χ4n) is 1.38. The van der Waals surface area contributed by atoms with Crippen molar-refractivity contribution in [3.63, 3.8) is 0 Å². The predicted molar refractivity (Wildman–Crippen MR) is 54.3 cm³/mol. The maximum Gasteiger partial charge on any atom is 0.0621 e. The Labute approximate surface area is 81.6 Å². The minimum atomic E-state index is 0.335. The van der Waals surface area contributed by atoms with Crippen LogP contribution < -0.4 is 0 Å². The van der Waals surface area contributed by atoms with Gasteiger partial charge in [-0.25, -0.2) is 0 Å². The van der Waals surface area contributed by atoms with Crippen LogP contribution in [0.25, 0.3) is 0 Å². The molecule has 0 saturated heterocycles. The monoisotopic (exact) mass is 183 g/mol. The molecule has 0 heterocycles. The van der Waals surface area contributed by atoms with Gasteiger partial charge in [-0.3, -0.25) is 0 Å². The second-order valence-electron chi connectivity index (χ2n) is 3.46. The number of nitrogens with zero attached hydrogens (tertiary/aromatic N) is 1. The first-order chi connectivity index (χ1) is 6.41. The van der Waals surface area contributed by atoms with Gasteiger partial charge in [-0.15, -0.1) is 0 Å². The topological polar surface area (TPSA) is 44.0 Å². The Morgan fingerprint density at radius 3 is 1.69 bits per heavy atom. The molecule has 0 aromatic rings. The smallest absolute Gasteiger partial charge is 0.0621 e. The molecule has 0 radical (unpaired) electrons. The minimum absolute atomic E-state index is 0.335. The Kier molecular flexibility index (Phi) is 11.0. The number of rotatable bonds is 9. The van der Waals surface area contributed by atoms with E-state index in [9.17, 15) is 0 Å². The molecule has 13 heavy (non-hydrogen) atoms. The van der Waals surface area contributed by atoms with Gasteiger partial charge >= 0.3 is 0 Å². The van der Waals surface area contributed by atoms with Gasteiger partial charge in [0.05, 0.1) is 6.07 Å². The van der Waals surface area contributed by atoms with Crippen molar-refractivity contribution in [2.45, 2.75) is 57.8 Å². The maximum absolute atomic E-state index is 8.54. The SMILES string of the molecule is N#CCCCCCCCCCCO. The first kappa shape index (κ1) is 12.4. The summed E-state index contributed by atoms with van der Waals surface area (Å²) in [5, 5.41) is 16.8. The summed E-state index contributed by atoms with van der Waals surface area (Å²) < 4.78 is 0. The zero-order chi connectivity index (χ0) is 9.78. The molecule has 0 rings (SSSR count). The van der Waals surface area contributed by atoms with E-state index < -0.39 is 0 Å². The number of aliphatic hydroxyl groups excluding tert-OH is 1. The highest BCUT2D eigenvalue weighted by atomic mass is 16.2. The first-order valence-electron chi connectivity index (χ1n) is 5.39. The molecule has 1 N–H and O–H groups in total. The van der Waals surface area contributed by atoms with Crippen molar-refractivity contribution >= 4 is 0 Å². The highest BCUT2D eigenvalue weighted by Crippen LogP contribution is 2.08. The van der Waals surface area contributed by atoms with Gasteiger partial charge in [0.1, 0.15) is 0 Å². The predicted octanol–water partition coefficient (Wildman–Crippen LogP) is 3.01. The van der Waals surface area contributed by atoms with E-state index in [4.69, 9.17) is 10.4 Å². The molecule has 0 atom stereocenters. The zero-order valence-electron chi connectivity index (χ0n) is 8.47. The van der Waals surface area contributed by atoms with E-state index in [1.54, 1.807) is 0 Å². The maximum atomic E-state index is 8.54. The molecule has 0 bridgehead atoms. The molecule has 2 nitrogen and oxygen atoms in total. The summed E-state index contributed by atoms with van der Waals surface area (Å²) >= 11 is 0. The number of unbranched alkanes of at least 4 members (excludes halogenated alkanes) is 8. The van der Waals surface area contributed by atoms with Crippen molar-refractivity contribution in [1.82, 2.24) is 0 Å². The minimum Gasteiger partial charge on any atom is -0.396 e. The molecule has 0 aliphatic rings.